The number of carbonyl (C=O) groups is 1. The highest BCUT2D eigenvalue weighted by Gasteiger charge is 2.26. The highest BCUT2D eigenvalue weighted by atomic mass is 79.9. The normalized spacial score (nSPS) is 10.0. The van der Waals surface area contributed by atoms with E-state index in [4.69, 9.17) is 22.4 Å². The van der Waals surface area contributed by atoms with Crippen molar-refractivity contribution in [2.75, 3.05) is 13.1 Å². The van der Waals surface area contributed by atoms with Crippen LogP contribution in [0.3, 0.4) is 0 Å². The molecule has 1 N–H and O–H groups in total. The number of benzene rings is 2. The molecule has 2 aromatic carbocycles. The molecule has 2 rings (SSSR count). The maximum absolute atomic E-state index is 12.4. The van der Waals surface area contributed by atoms with Crippen LogP contribution in [0.4, 0.5) is 0 Å². The van der Waals surface area contributed by atoms with Gasteiger partial charge in [0.15, 0.2) is 0 Å². The first-order valence-electron chi connectivity index (χ1n) is 14.5. The average Bonchev–Trinajstić information content (AvgIpc) is 3.14. The highest BCUT2D eigenvalue weighted by molar-refractivity contribution is 9.10. The summed E-state index contributed by atoms with van der Waals surface area (Å²) in [6, 6.07) is 12.9. The number of rotatable bonds is 12. The van der Waals surface area contributed by atoms with Crippen LogP contribution in [-0.2, 0) is 198 Å². The Morgan fingerprint density at radius 2 is 0.944 bits per heavy atom. The molecule has 0 bridgehead atoms. The Kier molecular flexibility index (Phi) is 39.7. The van der Waals surface area contributed by atoms with Gasteiger partial charge >= 0.3 is 0 Å². The van der Waals surface area contributed by atoms with Gasteiger partial charge in [0.05, 0.1) is 9.79 Å². The minimum Gasteiger partial charge on any atom is -0.274 e. The van der Waals surface area contributed by atoms with Crippen LogP contribution in [0.5, 0.6) is 0 Å². The van der Waals surface area contributed by atoms with E-state index < -0.39 is 26.0 Å². The zero-order valence-corrected chi connectivity index (χ0v) is 48.4. The van der Waals surface area contributed by atoms with Crippen LogP contribution in [-0.4, -0.2) is 40.1 Å². The van der Waals surface area contributed by atoms with Crippen LogP contribution in [0.1, 0.15) is 59.3 Å². The van der Waals surface area contributed by atoms with Crippen LogP contribution >= 0.6 is 31.9 Å². The van der Waals surface area contributed by atoms with Gasteiger partial charge in [-0.3, -0.25) is 4.79 Å². The Hall–Kier alpha value is 2.91. The molecule has 0 saturated heterocycles. The maximum atomic E-state index is 12.4. The van der Waals surface area contributed by atoms with Crippen molar-refractivity contribution in [3.63, 3.8) is 0 Å². The van der Waals surface area contributed by atoms with E-state index in [0.717, 1.165) is 45.4 Å². The number of hydrogen-bond acceptors (Lipinski definition) is 7. The van der Waals surface area contributed by atoms with Gasteiger partial charge < -0.3 is 0 Å². The largest absolute Gasteiger partial charge is 0.274 e. The first kappa shape index (κ1) is 56.9. The van der Waals surface area contributed by atoms with Crippen LogP contribution in [0.25, 0.3) is 0 Å². The lowest BCUT2D eigenvalue weighted by Gasteiger charge is -2.20. The molecule has 0 aliphatic rings. The monoisotopic (exact) mass is 1260 g/mol. The Balaban J connectivity index is 0.000000783. The second-order valence-electron chi connectivity index (χ2n) is 8.97. The van der Waals surface area contributed by atoms with Crippen LogP contribution in [0.2, 0.25) is 0 Å². The lowest BCUT2D eigenvalue weighted by molar-refractivity contribution is -0.124. The van der Waals surface area contributed by atoms with E-state index in [9.17, 15) is 21.6 Å². The topological polar surface area (TPSA) is 101 Å². The number of nitrogens with zero attached hydrogens (tertiary/aromatic N) is 1. The number of hydrogen-bond donors (Lipinski definition) is 1. The van der Waals surface area contributed by atoms with Gasteiger partial charge in [0.2, 0.25) is 15.9 Å². The Bertz CT molecular complexity index is 2400. The fourth-order valence-corrected chi connectivity index (χ4v) is 47.3. The number of sulfonamides is 2. The number of carbonyl (C=O) groups excluding carboxylic acids is 1. The van der Waals surface area contributed by atoms with Gasteiger partial charge in [0.1, 0.15) is 0 Å². The van der Waals surface area contributed by atoms with E-state index in [1.54, 1.807) is 170 Å². The Morgan fingerprint density at radius 1 is 0.593 bits per heavy atom. The fourth-order valence-electron chi connectivity index (χ4n) is 3.13. The van der Waals surface area contributed by atoms with Gasteiger partial charge in [0, 0.05) is 202 Å². The molecule has 1 amide bonds. The number of amides is 1. The lowest BCUT2D eigenvalue weighted by atomic mass is 10.2. The average molecular weight is 1260 g/mol. The van der Waals surface area contributed by atoms with Crippen molar-refractivity contribution in [3.8, 4) is 0 Å². The third-order valence-corrected chi connectivity index (χ3v) is 45.3. The smallest absolute Gasteiger partial charge is 0.266 e. The van der Waals surface area contributed by atoms with Gasteiger partial charge in [-0.15, -0.1) is 0 Å². The molecule has 310 valence electrons. The van der Waals surface area contributed by atoms with Crippen molar-refractivity contribution in [3.05, 3.63) is 57.5 Å². The second-order valence-corrected chi connectivity index (χ2v) is 44.5. The predicted octanol–water partition coefficient (Wildman–Crippen LogP) is 6.05. The minimum absolute atomic E-state index is 0.141. The summed E-state index contributed by atoms with van der Waals surface area (Å²) in [5, 5.41) is 0. The molecule has 30 heteroatoms. The van der Waals surface area contributed by atoms with Gasteiger partial charge in [-0.2, -0.15) is 0 Å². The first-order chi connectivity index (χ1) is 25.9. The highest BCUT2D eigenvalue weighted by Crippen LogP contribution is 2.20. The molecule has 0 unspecified atom stereocenters. The summed E-state index contributed by atoms with van der Waals surface area (Å²) in [4.78, 5) is 12.0. The molecule has 7 nitrogen and oxygen atoms in total. The van der Waals surface area contributed by atoms with E-state index in [1.165, 1.54) is 36.8 Å². The van der Waals surface area contributed by atoms with E-state index in [2.05, 4.69) is 43.5 Å². The quantitative estimate of drug-likeness (QED) is 0.259. The van der Waals surface area contributed by atoms with Crippen LogP contribution in [0.15, 0.2) is 67.3 Å². The minimum atomic E-state index is -3.73. The lowest BCUT2D eigenvalue weighted by Crippen LogP contribution is -2.36. The summed E-state index contributed by atoms with van der Waals surface area (Å²) in [6.45, 7) is 6.14. The van der Waals surface area contributed by atoms with Crippen molar-refractivity contribution < 1.29 is 21.6 Å². The van der Waals surface area contributed by atoms with Crippen molar-refractivity contribution >= 4 is 231 Å². The number of unbranched alkanes of at least 4 members (excludes halogenated alkanes) is 4. The summed E-state index contributed by atoms with van der Waals surface area (Å²) in [5.41, 5.74) is 0. The van der Waals surface area contributed by atoms with Crippen molar-refractivity contribution in [2.45, 2.75) is 69.1 Å². The second kappa shape index (κ2) is 37.7. The van der Waals surface area contributed by atoms with E-state index in [0.29, 0.717) is 17.9 Å². The molecule has 54 heavy (non-hydrogen) atoms. The standard InChI is InChI=1S/C13H18BrNO3S.C11H16BrNO2S.S19/c1-3-4-5-10-15(11(2)16)19(17,18)13-8-6-12(14)7-9-13;1-2-3-4-9-13-16(14,15)11-7-5-10(12)6-8-11;1-3-5-7-9-11-13-15-17-19-18-16-14-12-10-8-6-4-2/h6-9H,3-5,10H2,1-2H3;5-8,13H,2-4,9H2,1H3;. The molecule has 0 atom stereocenters. The van der Waals surface area contributed by atoms with Crippen LogP contribution < -0.4 is 4.72 Å². The zero-order chi connectivity index (χ0) is 40.5. The molecule has 2 aromatic rings. The van der Waals surface area contributed by atoms with Crippen LogP contribution in [0, 0.1) is 0 Å². The third kappa shape index (κ3) is 30.0. The Morgan fingerprint density at radius 3 is 1.30 bits per heavy atom. The third-order valence-electron chi connectivity index (χ3n) is 5.36. The Labute approximate surface area is 394 Å². The molecule has 0 spiro atoms. The molecule has 0 aliphatic carbocycles. The first-order valence-corrected chi connectivity index (χ1v) is 43.0. The van der Waals surface area contributed by atoms with Gasteiger partial charge in [-0.25, -0.2) is 25.9 Å². The molecule has 0 fully saturated rings. The van der Waals surface area contributed by atoms with Gasteiger partial charge in [-0.05, 0) is 61.4 Å². The molecular weight excluding hydrogens is 1230 g/mol. The molecule has 0 heterocycles. The van der Waals surface area contributed by atoms with Crippen molar-refractivity contribution in [2.24, 2.45) is 0 Å². The predicted molar refractivity (Wildman–Crippen MR) is 287 cm³/mol. The number of halogens is 2. The summed E-state index contributed by atoms with van der Waals surface area (Å²) < 4.78 is 53.5. The van der Waals surface area contributed by atoms with E-state index in [1.807, 2.05) is 6.92 Å². The molecule has 0 radical (unpaired) electrons. The summed E-state index contributed by atoms with van der Waals surface area (Å²) >= 11 is 16.0. The van der Waals surface area contributed by atoms with Gasteiger partial charge in [-0.1, -0.05) is 71.4 Å². The van der Waals surface area contributed by atoms with E-state index in [-0.39, 0.29) is 11.4 Å². The molecular formula is C24H34Br2N2O5S21. The molecule has 0 saturated carbocycles. The maximum Gasteiger partial charge on any atom is 0.266 e. The van der Waals surface area contributed by atoms with Crippen molar-refractivity contribution in [1.82, 2.24) is 9.03 Å². The summed E-state index contributed by atoms with van der Waals surface area (Å²) in [6.07, 6.45) is 5.57. The summed E-state index contributed by atoms with van der Waals surface area (Å²) in [7, 11) is 21.9. The van der Waals surface area contributed by atoms with Gasteiger partial charge in [0.25, 0.3) is 10.0 Å². The van der Waals surface area contributed by atoms with Crippen molar-refractivity contribution in [1.29, 1.82) is 0 Å². The molecule has 0 aromatic heterocycles. The number of nitrogens with one attached hydrogen (secondary N) is 1. The summed E-state index contributed by atoms with van der Waals surface area (Å²) in [5.74, 6) is -0.445. The van der Waals surface area contributed by atoms with E-state index >= 15 is 0 Å². The molecule has 0 aliphatic heterocycles. The fraction of sp³-hybridized carbons (Fsp3) is 0.458. The zero-order valence-electron chi connectivity index (χ0n) is 28.1. The SMILES string of the molecule is CCCCCN(C(C)=O)S(=O)(=O)c1ccc(Br)cc1.CCCCCNS(=O)(=O)c1ccc(Br)cc1.S=S=S=S=S=S=S=S=S=S=S=S=S=S=S=S=S=S=S.